The van der Waals surface area contributed by atoms with Gasteiger partial charge in [0.05, 0.1) is 6.54 Å². The Morgan fingerprint density at radius 3 is 2.42 bits per heavy atom. The summed E-state index contributed by atoms with van der Waals surface area (Å²) in [5.74, 6) is -0.754. The summed E-state index contributed by atoms with van der Waals surface area (Å²) in [5, 5.41) is 0. The van der Waals surface area contributed by atoms with Crippen molar-refractivity contribution >= 4 is 32.9 Å². The van der Waals surface area contributed by atoms with Gasteiger partial charge in [-0.2, -0.15) is 0 Å². The van der Waals surface area contributed by atoms with Crippen LogP contribution in [0.5, 0.6) is 0 Å². The first-order chi connectivity index (χ1) is 11.3. The average molecular weight is 395 g/mol. The summed E-state index contributed by atoms with van der Waals surface area (Å²) < 4.78 is 16.8. The Morgan fingerprint density at radius 2 is 1.79 bits per heavy atom. The molecule has 0 fully saturated rings. The number of hydrogen-bond acceptors (Lipinski definition) is 4. The van der Waals surface area contributed by atoms with Crippen molar-refractivity contribution in [1.29, 1.82) is 0 Å². The van der Waals surface area contributed by atoms with Gasteiger partial charge in [-0.1, -0.05) is 0 Å². The number of carbonyl (C=O) groups excluding carboxylic acids is 1. The zero-order chi connectivity index (χ0) is 17.6. The Bertz CT molecular complexity index is 1080. The fourth-order valence-corrected chi connectivity index (χ4v) is 2.91. The largest absolute Gasteiger partial charge is 0.332 e. The third kappa shape index (κ3) is 2.50. The van der Waals surface area contributed by atoms with E-state index in [1.807, 2.05) is 0 Å². The van der Waals surface area contributed by atoms with Crippen molar-refractivity contribution in [3.63, 3.8) is 0 Å². The zero-order valence-corrected chi connectivity index (χ0v) is 14.4. The second kappa shape index (κ2) is 5.82. The van der Waals surface area contributed by atoms with E-state index in [1.165, 1.54) is 47.5 Å². The number of benzene rings is 1. The summed E-state index contributed by atoms with van der Waals surface area (Å²) in [5.41, 5.74) is -0.414. The second-order valence-corrected chi connectivity index (χ2v) is 5.98. The predicted molar refractivity (Wildman–Crippen MR) is 88.6 cm³/mol. The zero-order valence-electron chi connectivity index (χ0n) is 12.8. The normalized spacial score (nSPS) is 11.2. The molecule has 0 saturated carbocycles. The van der Waals surface area contributed by atoms with E-state index in [1.54, 1.807) is 0 Å². The lowest BCUT2D eigenvalue weighted by Crippen LogP contribution is -2.37. The van der Waals surface area contributed by atoms with Crippen molar-refractivity contribution < 1.29 is 9.18 Å². The van der Waals surface area contributed by atoms with Crippen molar-refractivity contribution in [2.45, 2.75) is 6.54 Å². The van der Waals surface area contributed by atoms with Crippen molar-refractivity contribution in [2.75, 3.05) is 0 Å². The summed E-state index contributed by atoms with van der Waals surface area (Å²) in [6.07, 6.45) is 0. The van der Waals surface area contributed by atoms with Crippen LogP contribution in [0, 0.1) is 5.82 Å². The summed E-state index contributed by atoms with van der Waals surface area (Å²) in [6, 6.07) is 5.13. The molecule has 9 heteroatoms. The van der Waals surface area contributed by atoms with E-state index in [2.05, 4.69) is 20.9 Å². The van der Waals surface area contributed by atoms with E-state index in [9.17, 15) is 18.8 Å². The first-order valence-corrected chi connectivity index (χ1v) is 7.71. The highest BCUT2D eigenvalue weighted by Crippen LogP contribution is 2.17. The number of hydrogen-bond donors (Lipinski definition) is 0. The Hall–Kier alpha value is -2.55. The van der Waals surface area contributed by atoms with Crippen molar-refractivity contribution in [1.82, 2.24) is 18.7 Å². The lowest BCUT2D eigenvalue weighted by molar-refractivity contribution is 0.0972. The van der Waals surface area contributed by atoms with E-state index in [0.717, 1.165) is 4.57 Å². The molecule has 24 heavy (non-hydrogen) atoms. The monoisotopic (exact) mass is 394 g/mol. The highest BCUT2D eigenvalue weighted by atomic mass is 79.9. The molecule has 0 saturated heterocycles. The number of ketones is 1. The highest BCUT2D eigenvalue weighted by molar-refractivity contribution is 9.10. The maximum atomic E-state index is 13.0. The molecular formula is C15H12BrFN4O3. The summed E-state index contributed by atoms with van der Waals surface area (Å²) >= 11 is 3.22. The number of Topliss-reactive ketones (excluding diaryl/α,β-unsaturated/α-hetero) is 1. The first-order valence-electron chi connectivity index (χ1n) is 6.91. The van der Waals surface area contributed by atoms with Crippen LogP contribution in [-0.4, -0.2) is 24.5 Å². The van der Waals surface area contributed by atoms with Gasteiger partial charge in [0.2, 0.25) is 0 Å². The third-order valence-electron chi connectivity index (χ3n) is 3.77. The molecule has 0 aliphatic heterocycles. The van der Waals surface area contributed by atoms with Crippen LogP contribution in [0.4, 0.5) is 4.39 Å². The van der Waals surface area contributed by atoms with Crippen LogP contribution >= 0.6 is 15.9 Å². The molecule has 0 unspecified atom stereocenters. The number of aromatic nitrogens is 4. The lowest BCUT2D eigenvalue weighted by Gasteiger charge is -2.07. The molecule has 0 atom stereocenters. The Labute approximate surface area is 143 Å². The van der Waals surface area contributed by atoms with Crippen LogP contribution in [0.3, 0.4) is 0 Å². The predicted octanol–water partition coefficient (Wildman–Crippen LogP) is 1.22. The molecular weight excluding hydrogens is 383 g/mol. The Kier molecular flexibility index (Phi) is 3.96. The maximum absolute atomic E-state index is 13.0. The minimum absolute atomic E-state index is 0.141. The van der Waals surface area contributed by atoms with Gasteiger partial charge in [0, 0.05) is 19.7 Å². The molecule has 0 bridgehead atoms. The minimum atomic E-state index is -0.543. The molecule has 0 amide bonds. The van der Waals surface area contributed by atoms with E-state index in [4.69, 9.17) is 0 Å². The SMILES string of the molecule is Cn1c(=O)c2c(nc(Br)n2CC(=O)c2ccc(F)cc2)n(C)c1=O. The highest BCUT2D eigenvalue weighted by Gasteiger charge is 2.20. The second-order valence-electron chi connectivity index (χ2n) is 5.28. The van der Waals surface area contributed by atoms with Crippen LogP contribution in [0.25, 0.3) is 11.2 Å². The van der Waals surface area contributed by atoms with Crippen LogP contribution in [0.2, 0.25) is 0 Å². The molecule has 0 aliphatic rings. The molecule has 2 aromatic heterocycles. The van der Waals surface area contributed by atoms with Crippen LogP contribution in [0.1, 0.15) is 10.4 Å². The molecule has 7 nitrogen and oxygen atoms in total. The quantitative estimate of drug-likeness (QED) is 0.494. The van der Waals surface area contributed by atoms with Crippen molar-refractivity contribution in [3.05, 3.63) is 61.2 Å². The van der Waals surface area contributed by atoms with Gasteiger partial charge in [0.25, 0.3) is 5.56 Å². The van der Waals surface area contributed by atoms with E-state index in [0.29, 0.717) is 5.56 Å². The number of halogens is 2. The molecule has 124 valence electrons. The number of nitrogens with zero attached hydrogens (tertiary/aromatic N) is 4. The molecule has 0 aliphatic carbocycles. The maximum Gasteiger partial charge on any atom is 0.332 e. The van der Waals surface area contributed by atoms with Crippen LogP contribution in [-0.2, 0) is 20.6 Å². The minimum Gasteiger partial charge on any atom is -0.305 e. The molecule has 3 rings (SSSR count). The number of carbonyl (C=O) groups is 1. The van der Waals surface area contributed by atoms with Gasteiger partial charge < -0.3 is 4.57 Å². The smallest absolute Gasteiger partial charge is 0.305 e. The topological polar surface area (TPSA) is 78.9 Å². The van der Waals surface area contributed by atoms with Gasteiger partial charge in [-0.05, 0) is 40.2 Å². The third-order valence-corrected chi connectivity index (χ3v) is 4.37. The average Bonchev–Trinajstić information content (AvgIpc) is 2.88. The number of imidazole rings is 1. The van der Waals surface area contributed by atoms with Crippen molar-refractivity contribution in [2.24, 2.45) is 14.1 Å². The van der Waals surface area contributed by atoms with Crippen LogP contribution in [0.15, 0.2) is 38.6 Å². The van der Waals surface area contributed by atoms with Gasteiger partial charge >= 0.3 is 5.69 Å². The van der Waals surface area contributed by atoms with Gasteiger partial charge in [-0.25, -0.2) is 14.2 Å². The van der Waals surface area contributed by atoms with E-state index < -0.39 is 17.1 Å². The van der Waals surface area contributed by atoms with Gasteiger partial charge in [0.15, 0.2) is 21.7 Å². The molecule has 2 heterocycles. The molecule has 0 spiro atoms. The summed E-state index contributed by atoms with van der Waals surface area (Å²) in [7, 11) is 2.85. The Balaban J connectivity index is 2.15. The molecule has 1 aromatic carbocycles. The number of aryl methyl sites for hydroxylation is 1. The first kappa shape index (κ1) is 16.3. The molecule has 3 aromatic rings. The lowest BCUT2D eigenvalue weighted by atomic mass is 10.1. The number of fused-ring (bicyclic) bond motifs is 1. The Morgan fingerprint density at radius 1 is 1.17 bits per heavy atom. The van der Waals surface area contributed by atoms with Gasteiger partial charge in [-0.15, -0.1) is 0 Å². The number of rotatable bonds is 3. The van der Waals surface area contributed by atoms with E-state index in [-0.39, 0.29) is 28.2 Å². The fourth-order valence-electron chi connectivity index (χ4n) is 2.43. The summed E-state index contributed by atoms with van der Waals surface area (Å²) in [4.78, 5) is 40.9. The van der Waals surface area contributed by atoms with E-state index >= 15 is 0 Å². The van der Waals surface area contributed by atoms with Crippen molar-refractivity contribution in [3.8, 4) is 0 Å². The molecule has 0 radical (unpaired) electrons. The van der Waals surface area contributed by atoms with Crippen LogP contribution < -0.4 is 11.2 Å². The van der Waals surface area contributed by atoms with Gasteiger partial charge in [0.1, 0.15) is 5.82 Å². The fraction of sp³-hybridized carbons (Fsp3) is 0.200. The standard InChI is InChI=1S/C15H12BrFN4O3/c1-19-12-11(13(23)20(2)15(19)24)21(14(16)18-12)7-10(22)8-3-5-9(17)6-4-8/h3-6H,7H2,1-2H3. The summed E-state index contributed by atoms with van der Waals surface area (Å²) in [6.45, 7) is -0.170. The van der Waals surface area contributed by atoms with Gasteiger partial charge in [-0.3, -0.25) is 18.7 Å². The molecule has 0 N–H and O–H groups in total.